The number of hydrogen-bond acceptors (Lipinski definition) is 5. The zero-order valence-corrected chi connectivity index (χ0v) is 17.1. The van der Waals surface area contributed by atoms with Crippen molar-refractivity contribution >= 4 is 33.7 Å². The monoisotopic (exact) mass is 414 g/mol. The summed E-state index contributed by atoms with van der Waals surface area (Å²) in [7, 11) is -3.53. The minimum atomic E-state index is -3.53. The summed E-state index contributed by atoms with van der Waals surface area (Å²) < 4.78 is 25.3. The van der Waals surface area contributed by atoms with Crippen LogP contribution in [0.4, 0.5) is 0 Å². The third kappa shape index (κ3) is 5.43. The van der Waals surface area contributed by atoms with E-state index in [2.05, 4.69) is 15.6 Å². The second-order valence-electron chi connectivity index (χ2n) is 6.87. The number of halogens is 1. The first kappa shape index (κ1) is 21.7. The SMILES string of the molecule is CS(=O)(=O)c1nc(C(=O)NCCNC2CCCCCC2)c2ccccn12.Cl. The van der Waals surface area contributed by atoms with Gasteiger partial charge in [-0.05, 0) is 25.0 Å². The fourth-order valence-corrected chi connectivity index (χ4v) is 4.23. The summed E-state index contributed by atoms with van der Waals surface area (Å²) >= 11 is 0. The third-order valence-corrected chi connectivity index (χ3v) is 5.71. The van der Waals surface area contributed by atoms with E-state index in [1.807, 2.05) is 0 Å². The van der Waals surface area contributed by atoms with Gasteiger partial charge in [0.2, 0.25) is 15.0 Å². The molecule has 150 valence electrons. The van der Waals surface area contributed by atoms with Gasteiger partial charge in [0.1, 0.15) is 0 Å². The maximum absolute atomic E-state index is 12.5. The number of sulfone groups is 1. The van der Waals surface area contributed by atoms with Crippen molar-refractivity contribution in [3.63, 3.8) is 0 Å². The Morgan fingerprint density at radius 3 is 2.56 bits per heavy atom. The molecule has 0 saturated heterocycles. The van der Waals surface area contributed by atoms with Crippen LogP contribution < -0.4 is 10.6 Å². The molecule has 7 nitrogen and oxygen atoms in total. The van der Waals surface area contributed by atoms with Gasteiger partial charge in [0, 0.05) is 31.6 Å². The summed E-state index contributed by atoms with van der Waals surface area (Å²) in [5.41, 5.74) is 0.627. The lowest BCUT2D eigenvalue weighted by molar-refractivity contribution is 0.0950. The van der Waals surface area contributed by atoms with Gasteiger partial charge in [-0.1, -0.05) is 31.7 Å². The lowest BCUT2D eigenvalue weighted by Gasteiger charge is -2.16. The Morgan fingerprint density at radius 2 is 1.89 bits per heavy atom. The molecule has 9 heteroatoms. The number of aromatic nitrogens is 2. The number of carbonyl (C=O) groups is 1. The van der Waals surface area contributed by atoms with Gasteiger partial charge < -0.3 is 10.6 Å². The van der Waals surface area contributed by atoms with E-state index in [0.717, 1.165) is 6.26 Å². The summed E-state index contributed by atoms with van der Waals surface area (Å²) in [6.45, 7) is 1.18. The average molecular weight is 415 g/mol. The van der Waals surface area contributed by atoms with E-state index >= 15 is 0 Å². The number of fused-ring (bicyclic) bond motifs is 1. The minimum absolute atomic E-state index is 0. The Hall–Kier alpha value is -1.64. The van der Waals surface area contributed by atoms with Crippen molar-refractivity contribution in [2.24, 2.45) is 0 Å². The molecule has 2 aromatic rings. The Bertz CT molecular complexity index is 874. The van der Waals surface area contributed by atoms with Gasteiger partial charge in [0.25, 0.3) is 5.91 Å². The predicted molar refractivity (Wildman–Crippen MR) is 107 cm³/mol. The zero-order valence-electron chi connectivity index (χ0n) is 15.5. The Morgan fingerprint density at radius 1 is 1.19 bits per heavy atom. The molecule has 3 rings (SSSR count). The van der Waals surface area contributed by atoms with Gasteiger partial charge in [0.05, 0.1) is 5.52 Å². The smallest absolute Gasteiger partial charge is 0.272 e. The standard InChI is InChI=1S/C18H26N4O3S.ClH/c1-26(24,25)18-21-16(15-10-6-7-13-22(15)18)17(23)20-12-11-19-14-8-4-2-3-5-9-14;/h6-7,10,13-14,19H,2-5,8-9,11-12H2,1H3,(H,20,23);1H. The lowest BCUT2D eigenvalue weighted by atomic mass is 10.1. The van der Waals surface area contributed by atoms with Crippen LogP contribution in [0.3, 0.4) is 0 Å². The number of imidazole rings is 1. The highest BCUT2D eigenvalue weighted by molar-refractivity contribution is 7.90. The largest absolute Gasteiger partial charge is 0.349 e. The van der Waals surface area contributed by atoms with Crippen molar-refractivity contribution in [2.75, 3.05) is 19.3 Å². The van der Waals surface area contributed by atoms with E-state index < -0.39 is 9.84 Å². The van der Waals surface area contributed by atoms with Crippen molar-refractivity contribution in [1.82, 2.24) is 20.0 Å². The molecule has 27 heavy (non-hydrogen) atoms. The van der Waals surface area contributed by atoms with Crippen LogP contribution in [-0.2, 0) is 9.84 Å². The molecule has 0 aromatic carbocycles. The van der Waals surface area contributed by atoms with Crippen molar-refractivity contribution < 1.29 is 13.2 Å². The van der Waals surface area contributed by atoms with Crippen LogP contribution in [0, 0.1) is 0 Å². The van der Waals surface area contributed by atoms with Gasteiger partial charge in [-0.25, -0.2) is 13.4 Å². The Labute approximate surface area is 166 Å². The highest BCUT2D eigenvalue weighted by Gasteiger charge is 2.22. The molecular weight excluding hydrogens is 388 g/mol. The molecule has 1 aliphatic carbocycles. The second kappa shape index (κ2) is 9.52. The summed E-state index contributed by atoms with van der Waals surface area (Å²) in [5, 5.41) is 6.22. The molecule has 2 heterocycles. The van der Waals surface area contributed by atoms with Crippen LogP contribution in [0.15, 0.2) is 29.6 Å². The zero-order chi connectivity index (χ0) is 18.6. The molecule has 2 aromatic heterocycles. The van der Waals surface area contributed by atoms with E-state index in [0.29, 0.717) is 24.6 Å². The first-order valence-corrected chi connectivity index (χ1v) is 11.0. The number of hydrogen-bond donors (Lipinski definition) is 2. The highest BCUT2D eigenvalue weighted by atomic mass is 35.5. The first-order valence-electron chi connectivity index (χ1n) is 9.15. The number of nitrogens with one attached hydrogen (secondary N) is 2. The summed E-state index contributed by atoms with van der Waals surface area (Å²) in [4.78, 5) is 16.6. The van der Waals surface area contributed by atoms with Crippen molar-refractivity contribution in [2.45, 2.75) is 49.7 Å². The van der Waals surface area contributed by atoms with Gasteiger partial charge in [-0.2, -0.15) is 0 Å². The molecule has 2 N–H and O–H groups in total. The van der Waals surface area contributed by atoms with E-state index in [1.165, 1.54) is 42.9 Å². The first-order chi connectivity index (χ1) is 12.5. The number of carbonyl (C=O) groups excluding carboxylic acids is 1. The molecule has 1 aliphatic rings. The molecule has 1 saturated carbocycles. The number of pyridine rings is 1. The quantitative estimate of drug-likeness (QED) is 0.558. The molecule has 0 unspecified atom stereocenters. The van der Waals surface area contributed by atoms with E-state index in [9.17, 15) is 13.2 Å². The average Bonchev–Trinajstić information content (AvgIpc) is 2.81. The molecule has 1 amide bonds. The van der Waals surface area contributed by atoms with E-state index in [4.69, 9.17) is 0 Å². The Balaban J connectivity index is 0.00000261. The second-order valence-corrected chi connectivity index (χ2v) is 8.78. The fraction of sp³-hybridized carbons (Fsp3) is 0.556. The molecule has 0 atom stereocenters. The number of amides is 1. The molecular formula is C18H27ClN4O3S. The van der Waals surface area contributed by atoms with Crippen LogP contribution in [0.2, 0.25) is 0 Å². The van der Waals surface area contributed by atoms with Crippen LogP contribution in [-0.4, -0.2) is 49.1 Å². The molecule has 0 aliphatic heterocycles. The molecule has 0 spiro atoms. The molecule has 0 bridgehead atoms. The number of rotatable bonds is 6. The fourth-order valence-electron chi connectivity index (χ4n) is 3.46. The third-order valence-electron chi connectivity index (χ3n) is 4.76. The van der Waals surface area contributed by atoms with Crippen molar-refractivity contribution in [3.05, 3.63) is 30.1 Å². The van der Waals surface area contributed by atoms with E-state index in [1.54, 1.807) is 24.4 Å². The Kier molecular flexibility index (Phi) is 7.64. The van der Waals surface area contributed by atoms with Crippen molar-refractivity contribution in [1.29, 1.82) is 0 Å². The molecule has 0 radical (unpaired) electrons. The van der Waals surface area contributed by atoms with Crippen LogP contribution in [0.5, 0.6) is 0 Å². The maximum Gasteiger partial charge on any atom is 0.272 e. The van der Waals surface area contributed by atoms with Crippen LogP contribution in [0.25, 0.3) is 5.52 Å². The highest BCUT2D eigenvalue weighted by Crippen LogP contribution is 2.18. The van der Waals surface area contributed by atoms with Crippen LogP contribution in [0.1, 0.15) is 49.0 Å². The number of nitrogens with zero attached hydrogens (tertiary/aromatic N) is 2. The van der Waals surface area contributed by atoms with E-state index in [-0.39, 0.29) is 29.2 Å². The summed E-state index contributed by atoms with van der Waals surface area (Å²) in [6, 6.07) is 5.69. The van der Waals surface area contributed by atoms with Crippen molar-refractivity contribution in [3.8, 4) is 0 Å². The topological polar surface area (TPSA) is 92.6 Å². The van der Waals surface area contributed by atoms with Crippen LogP contribution >= 0.6 is 12.4 Å². The van der Waals surface area contributed by atoms with Gasteiger partial charge in [-0.3, -0.25) is 9.20 Å². The normalized spacial score (nSPS) is 15.9. The minimum Gasteiger partial charge on any atom is -0.349 e. The van der Waals surface area contributed by atoms with Gasteiger partial charge >= 0.3 is 0 Å². The predicted octanol–water partition coefficient (Wildman–Crippen LogP) is 2.20. The van der Waals surface area contributed by atoms with Gasteiger partial charge in [0.15, 0.2) is 5.69 Å². The lowest BCUT2D eigenvalue weighted by Crippen LogP contribution is -2.37. The summed E-state index contributed by atoms with van der Waals surface area (Å²) in [5.74, 6) is -0.355. The van der Waals surface area contributed by atoms with Gasteiger partial charge in [-0.15, -0.1) is 12.4 Å². The maximum atomic E-state index is 12.5. The molecule has 1 fully saturated rings. The summed E-state index contributed by atoms with van der Waals surface area (Å²) in [6.07, 6.45) is 10.2.